The van der Waals surface area contributed by atoms with Gasteiger partial charge in [-0.3, -0.25) is 9.89 Å². The number of aryl methyl sites for hydroxylation is 1. The third-order valence-corrected chi connectivity index (χ3v) is 2.83. The van der Waals surface area contributed by atoms with Gasteiger partial charge in [0.15, 0.2) is 5.69 Å². The number of hydrazone groups is 1. The first-order valence-electron chi connectivity index (χ1n) is 5.37. The molecule has 0 spiro atoms. The second-order valence-electron chi connectivity index (χ2n) is 3.80. The molecule has 0 atom stereocenters. The van der Waals surface area contributed by atoms with Crippen LogP contribution in [0, 0.1) is 6.92 Å². The zero-order chi connectivity index (χ0) is 13.8. The van der Waals surface area contributed by atoms with Gasteiger partial charge in [0.2, 0.25) is 0 Å². The standard InChI is InChI=1S/C12H10Cl2N4O/c1-7-4-11(17-16-7)12(19)18-15-6-8-2-3-9(13)5-10(8)14/h2-6H,1H3,(H,16,17)(H,18,19)/b15-6+. The number of aromatic amines is 1. The van der Waals surface area contributed by atoms with E-state index < -0.39 is 5.91 Å². The SMILES string of the molecule is Cc1cc(C(=O)N/N=C/c2ccc(Cl)cc2Cl)n[nH]1. The molecular weight excluding hydrogens is 287 g/mol. The van der Waals surface area contributed by atoms with Gasteiger partial charge < -0.3 is 0 Å². The van der Waals surface area contributed by atoms with E-state index in [-0.39, 0.29) is 5.69 Å². The molecule has 0 radical (unpaired) electrons. The molecule has 19 heavy (non-hydrogen) atoms. The normalized spacial score (nSPS) is 10.9. The van der Waals surface area contributed by atoms with Crippen molar-refractivity contribution in [1.82, 2.24) is 15.6 Å². The van der Waals surface area contributed by atoms with Crippen LogP contribution >= 0.6 is 23.2 Å². The Labute approximate surface area is 119 Å². The Morgan fingerprint density at radius 1 is 1.42 bits per heavy atom. The molecule has 98 valence electrons. The summed E-state index contributed by atoms with van der Waals surface area (Å²) >= 11 is 11.7. The Morgan fingerprint density at radius 3 is 2.84 bits per heavy atom. The molecule has 0 fully saturated rings. The van der Waals surface area contributed by atoms with Crippen molar-refractivity contribution >= 4 is 35.3 Å². The number of benzene rings is 1. The number of carbonyl (C=O) groups is 1. The molecular formula is C12H10Cl2N4O. The van der Waals surface area contributed by atoms with E-state index in [0.717, 1.165) is 5.69 Å². The van der Waals surface area contributed by atoms with Gasteiger partial charge in [-0.15, -0.1) is 0 Å². The van der Waals surface area contributed by atoms with Crippen LogP contribution in [0.4, 0.5) is 0 Å². The summed E-state index contributed by atoms with van der Waals surface area (Å²) < 4.78 is 0. The van der Waals surface area contributed by atoms with Crippen molar-refractivity contribution in [3.63, 3.8) is 0 Å². The quantitative estimate of drug-likeness (QED) is 0.675. The fraction of sp³-hybridized carbons (Fsp3) is 0.0833. The highest BCUT2D eigenvalue weighted by Crippen LogP contribution is 2.19. The highest BCUT2D eigenvalue weighted by atomic mass is 35.5. The number of hydrogen-bond acceptors (Lipinski definition) is 3. The second-order valence-corrected chi connectivity index (χ2v) is 4.64. The number of carbonyl (C=O) groups excluding carboxylic acids is 1. The highest BCUT2D eigenvalue weighted by molar-refractivity contribution is 6.36. The lowest BCUT2D eigenvalue weighted by molar-refractivity contribution is 0.0950. The number of halogens is 2. The molecule has 2 N–H and O–H groups in total. The Bertz CT molecular complexity index is 636. The maximum atomic E-state index is 11.6. The molecule has 0 aliphatic carbocycles. The molecule has 2 rings (SSSR count). The van der Waals surface area contributed by atoms with E-state index in [4.69, 9.17) is 23.2 Å². The van der Waals surface area contributed by atoms with Crippen molar-refractivity contribution in [3.8, 4) is 0 Å². The fourth-order valence-electron chi connectivity index (χ4n) is 1.36. The van der Waals surface area contributed by atoms with Crippen molar-refractivity contribution in [2.24, 2.45) is 5.10 Å². The summed E-state index contributed by atoms with van der Waals surface area (Å²) in [6, 6.07) is 6.62. The van der Waals surface area contributed by atoms with Gasteiger partial charge in [-0.1, -0.05) is 29.3 Å². The number of nitrogens with one attached hydrogen (secondary N) is 2. The van der Waals surface area contributed by atoms with Crippen LogP contribution in [0.2, 0.25) is 10.0 Å². The maximum absolute atomic E-state index is 11.6. The Hall–Kier alpha value is -1.85. The number of rotatable bonds is 3. The largest absolute Gasteiger partial charge is 0.291 e. The van der Waals surface area contributed by atoms with Crippen LogP contribution in [-0.4, -0.2) is 22.3 Å². The summed E-state index contributed by atoms with van der Waals surface area (Å²) in [5.41, 5.74) is 4.09. The van der Waals surface area contributed by atoms with Crippen LogP contribution in [0.5, 0.6) is 0 Å². The van der Waals surface area contributed by atoms with E-state index in [2.05, 4.69) is 20.7 Å². The van der Waals surface area contributed by atoms with E-state index >= 15 is 0 Å². The predicted octanol–water partition coefficient (Wildman–Crippen LogP) is 2.79. The first-order valence-corrected chi connectivity index (χ1v) is 6.12. The fourth-order valence-corrected chi connectivity index (χ4v) is 1.82. The Balaban J connectivity index is 2.02. The number of aromatic nitrogens is 2. The number of amides is 1. The predicted molar refractivity (Wildman–Crippen MR) is 74.8 cm³/mol. The molecule has 0 saturated carbocycles. The van der Waals surface area contributed by atoms with E-state index in [1.165, 1.54) is 6.21 Å². The average molecular weight is 297 g/mol. The number of H-pyrrole nitrogens is 1. The Kier molecular flexibility index (Phi) is 4.19. The van der Waals surface area contributed by atoms with Gasteiger partial charge in [-0.25, -0.2) is 5.43 Å². The molecule has 1 amide bonds. The van der Waals surface area contributed by atoms with Crippen molar-refractivity contribution in [3.05, 3.63) is 51.3 Å². The first kappa shape index (κ1) is 13.6. The van der Waals surface area contributed by atoms with E-state index in [1.54, 1.807) is 31.2 Å². The molecule has 0 aliphatic rings. The van der Waals surface area contributed by atoms with Gasteiger partial charge in [0.25, 0.3) is 5.91 Å². The van der Waals surface area contributed by atoms with Crippen LogP contribution in [0.1, 0.15) is 21.7 Å². The summed E-state index contributed by atoms with van der Waals surface area (Å²) in [6.07, 6.45) is 1.44. The van der Waals surface area contributed by atoms with Crippen LogP contribution in [0.3, 0.4) is 0 Å². The lowest BCUT2D eigenvalue weighted by Crippen LogP contribution is -2.18. The summed E-state index contributed by atoms with van der Waals surface area (Å²) in [5.74, 6) is -0.398. The van der Waals surface area contributed by atoms with Gasteiger partial charge in [0, 0.05) is 16.3 Å². The molecule has 0 aliphatic heterocycles. The van der Waals surface area contributed by atoms with E-state index in [0.29, 0.717) is 15.6 Å². The van der Waals surface area contributed by atoms with Crippen molar-refractivity contribution < 1.29 is 4.79 Å². The molecule has 0 saturated heterocycles. The topological polar surface area (TPSA) is 70.1 Å². The van der Waals surface area contributed by atoms with Crippen LogP contribution in [-0.2, 0) is 0 Å². The highest BCUT2D eigenvalue weighted by Gasteiger charge is 2.07. The van der Waals surface area contributed by atoms with Crippen LogP contribution in [0.15, 0.2) is 29.4 Å². The number of hydrogen-bond donors (Lipinski definition) is 2. The zero-order valence-electron chi connectivity index (χ0n) is 9.95. The molecule has 0 bridgehead atoms. The van der Waals surface area contributed by atoms with E-state index in [9.17, 15) is 4.79 Å². The first-order chi connectivity index (χ1) is 9.06. The zero-order valence-corrected chi connectivity index (χ0v) is 11.5. The van der Waals surface area contributed by atoms with Gasteiger partial charge in [-0.2, -0.15) is 10.2 Å². The minimum atomic E-state index is -0.398. The minimum Gasteiger partial charge on any atom is -0.282 e. The molecule has 1 aromatic carbocycles. The van der Waals surface area contributed by atoms with Crippen LogP contribution in [0.25, 0.3) is 0 Å². The lowest BCUT2D eigenvalue weighted by atomic mass is 10.2. The van der Waals surface area contributed by atoms with E-state index in [1.807, 2.05) is 0 Å². The minimum absolute atomic E-state index is 0.275. The second kappa shape index (κ2) is 5.86. The molecule has 7 heteroatoms. The smallest absolute Gasteiger partial charge is 0.282 e. The molecule has 1 aromatic heterocycles. The lowest BCUT2D eigenvalue weighted by Gasteiger charge is -1.98. The summed E-state index contributed by atoms with van der Waals surface area (Å²) in [4.78, 5) is 11.6. The van der Waals surface area contributed by atoms with Gasteiger partial charge >= 0.3 is 0 Å². The summed E-state index contributed by atoms with van der Waals surface area (Å²) in [5, 5.41) is 11.3. The monoisotopic (exact) mass is 296 g/mol. The molecule has 0 unspecified atom stereocenters. The van der Waals surface area contributed by atoms with Crippen molar-refractivity contribution in [2.75, 3.05) is 0 Å². The third kappa shape index (κ3) is 3.56. The third-order valence-electron chi connectivity index (χ3n) is 2.27. The van der Waals surface area contributed by atoms with Crippen molar-refractivity contribution in [2.45, 2.75) is 6.92 Å². The molecule has 1 heterocycles. The van der Waals surface area contributed by atoms with Gasteiger partial charge in [0.1, 0.15) is 0 Å². The number of nitrogens with zero attached hydrogens (tertiary/aromatic N) is 2. The van der Waals surface area contributed by atoms with Gasteiger partial charge in [-0.05, 0) is 25.1 Å². The maximum Gasteiger partial charge on any atom is 0.291 e. The molecule has 2 aromatic rings. The summed E-state index contributed by atoms with van der Waals surface area (Å²) in [7, 11) is 0. The van der Waals surface area contributed by atoms with Gasteiger partial charge in [0.05, 0.1) is 11.2 Å². The van der Waals surface area contributed by atoms with Crippen molar-refractivity contribution in [1.29, 1.82) is 0 Å². The Morgan fingerprint density at radius 2 is 2.21 bits per heavy atom. The summed E-state index contributed by atoms with van der Waals surface area (Å²) in [6.45, 7) is 1.81. The average Bonchev–Trinajstić information content (AvgIpc) is 2.78. The molecule has 5 nitrogen and oxygen atoms in total. The van der Waals surface area contributed by atoms with Crippen LogP contribution < -0.4 is 5.43 Å².